The monoisotopic (exact) mass is 350 g/mol. The molecule has 1 aliphatic carbocycles. The molecule has 0 saturated heterocycles. The van der Waals surface area contributed by atoms with Crippen LogP contribution in [0, 0.1) is 0 Å². The summed E-state index contributed by atoms with van der Waals surface area (Å²) in [4.78, 5) is 4.04. The SMILES string of the molecule is C=C(Cc1ccc(-c2ccncc2)cc1)NCC1=CC(F)CC=C1.CC. The van der Waals surface area contributed by atoms with Gasteiger partial charge in [-0.1, -0.05) is 56.8 Å². The molecule has 26 heavy (non-hydrogen) atoms. The molecule has 2 nitrogen and oxygen atoms in total. The van der Waals surface area contributed by atoms with Crippen LogP contribution < -0.4 is 5.32 Å². The summed E-state index contributed by atoms with van der Waals surface area (Å²) in [5.41, 5.74) is 5.43. The molecular formula is C23H27FN2. The predicted octanol–water partition coefficient (Wildman–Crippen LogP) is 5.65. The number of nitrogens with zero attached hydrogens (tertiary/aromatic N) is 1. The molecule has 0 saturated carbocycles. The molecule has 0 bridgehead atoms. The smallest absolute Gasteiger partial charge is 0.122 e. The van der Waals surface area contributed by atoms with E-state index in [2.05, 4.69) is 41.1 Å². The molecule has 0 radical (unpaired) electrons. The predicted molar refractivity (Wildman–Crippen MR) is 109 cm³/mol. The highest BCUT2D eigenvalue weighted by Crippen LogP contribution is 2.19. The van der Waals surface area contributed by atoms with E-state index in [9.17, 15) is 4.39 Å². The van der Waals surface area contributed by atoms with Gasteiger partial charge in [0.15, 0.2) is 0 Å². The number of rotatable bonds is 6. The summed E-state index contributed by atoms with van der Waals surface area (Å²) in [5, 5.41) is 3.28. The highest BCUT2D eigenvalue weighted by molar-refractivity contribution is 5.62. The van der Waals surface area contributed by atoms with Crippen molar-refractivity contribution in [3.8, 4) is 11.1 Å². The maximum absolute atomic E-state index is 13.3. The van der Waals surface area contributed by atoms with Gasteiger partial charge in [-0.05, 0) is 40.5 Å². The highest BCUT2D eigenvalue weighted by atomic mass is 19.1. The maximum atomic E-state index is 13.3. The van der Waals surface area contributed by atoms with Gasteiger partial charge in [-0.2, -0.15) is 0 Å². The van der Waals surface area contributed by atoms with Crippen LogP contribution in [0.25, 0.3) is 11.1 Å². The third-order valence-corrected chi connectivity index (χ3v) is 4.02. The largest absolute Gasteiger partial charge is 0.384 e. The zero-order valence-corrected chi connectivity index (χ0v) is 15.6. The number of halogens is 1. The highest BCUT2D eigenvalue weighted by Gasteiger charge is 2.07. The van der Waals surface area contributed by atoms with E-state index in [4.69, 9.17) is 0 Å². The van der Waals surface area contributed by atoms with Gasteiger partial charge in [0.05, 0.1) is 0 Å². The fourth-order valence-electron chi connectivity index (χ4n) is 2.72. The molecule has 2 aromatic rings. The quantitative estimate of drug-likeness (QED) is 0.729. The van der Waals surface area contributed by atoms with Crippen LogP contribution >= 0.6 is 0 Å². The van der Waals surface area contributed by atoms with Gasteiger partial charge in [-0.3, -0.25) is 4.98 Å². The summed E-state index contributed by atoms with van der Waals surface area (Å²) in [6, 6.07) is 12.4. The third kappa shape index (κ3) is 5.99. The lowest BCUT2D eigenvalue weighted by Gasteiger charge is -2.14. The standard InChI is InChI=1S/C21H21FN2.C2H6/c1-16(24-15-18-3-2-4-21(22)14-18)13-17-5-7-19(8-6-17)20-9-11-23-12-10-20;1-2/h2-3,5-12,14,21,24H,1,4,13,15H2;1-2H3. The Kier molecular flexibility index (Phi) is 7.81. The topological polar surface area (TPSA) is 24.9 Å². The van der Waals surface area contributed by atoms with E-state index in [0.717, 1.165) is 23.3 Å². The van der Waals surface area contributed by atoms with E-state index in [-0.39, 0.29) is 0 Å². The first-order chi connectivity index (χ1) is 12.7. The molecule has 0 spiro atoms. The maximum Gasteiger partial charge on any atom is 0.122 e. The molecular weight excluding hydrogens is 323 g/mol. The van der Waals surface area contributed by atoms with Crippen molar-refractivity contribution in [3.05, 3.63) is 90.4 Å². The van der Waals surface area contributed by atoms with Gasteiger partial charge in [0, 0.05) is 37.5 Å². The van der Waals surface area contributed by atoms with Crippen molar-refractivity contribution >= 4 is 0 Å². The van der Waals surface area contributed by atoms with E-state index in [1.165, 1.54) is 11.1 Å². The van der Waals surface area contributed by atoms with E-state index in [1.807, 2.05) is 38.1 Å². The van der Waals surface area contributed by atoms with E-state index >= 15 is 0 Å². The molecule has 1 aromatic heterocycles. The van der Waals surface area contributed by atoms with E-state index < -0.39 is 6.17 Å². The minimum atomic E-state index is -0.860. The van der Waals surface area contributed by atoms with Crippen molar-refractivity contribution in [1.82, 2.24) is 10.3 Å². The lowest BCUT2D eigenvalue weighted by atomic mass is 10.0. The van der Waals surface area contributed by atoms with E-state index in [1.54, 1.807) is 18.5 Å². The van der Waals surface area contributed by atoms with Gasteiger partial charge in [0.2, 0.25) is 0 Å². The Morgan fingerprint density at radius 3 is 2.42 bits per heavy atom. The molecule has 1 heterocycles. The van der Waals surface area contributed by atoms with Crippen LogP contribution in [0.1, 0.15) is 25.8 Å². The molecule has 0 fully saturated rings. The number of alkyl halides is 1. The summed E-state index contributed by atoms with van der Waals surface area (Å²) in [5.74, 6) is 0. The lowest BCUT2D eigenvalue weighted by Crippen LogP contribution is -2.18. The Bertz CT molecular complexity index is 746. The normalized spacial score (nSPS) is 15.5. The van der Waals surface area contributed by atoms with Crippen LogP contribution in [0.2, 0.25) is 0 Å². The zero-order valence-electron chi connectivity index (χ0n) is 15.6. The number of hydrogen-bond acceptors (Lipinski definition) is 2. The Morgan fingerprint density at radius 2 is 1.77 bits per heavy atom. The number of hydrogen-bond donors (Lipinski definition) is 1. The van der Waals surface area contributed by atoms with Gasteiger partial charge >= 0.3 is 0 Å². The van der Waals surface area contributed by atoms with Crippen LogP contribution in [0.4, 0.5) is 4.39 Å². The van der Waals surface area contributed by atoms with Gasteiger partial charge < -0.3 is 5.32 Å². The minimum Gasteiger partial charge on any atom is -0.384 e. The summed E-state index contributed by atoms with van der Waals surface area (Å²) in [7, 11) is 0. The van der Waals surface area contributed by atoms with Crippen molar-refractivity contribution in [2.45, 2.75) is 32.9 Å². The molecule has 1 aromatic carbocycles. The van der Waals surface area contributed by atoms with Crippen LogP contribution in [0.15, 0.2) is 84.9 Å². The average Bonchev–Trinajstić information content (AvgIpc) is 2.69. The van der Waals surface area contributed by atoms with Crippen molar-refractivity contribution in [3.63, 3.8) is 0 Å². The Balaban J connectivity index is 0.00000117. The summed E-state index contributed by atoms with van der Waals surface area (Å²) >= 11 is 0. The minimum absolute atomic E-state index is 0.480. The van der Waals surface area contributed by atoms with Crippen molar-refractivity contribution in [2.24, 2.45) is 0 Å². The van der Waals surface area contributed by atoms with Crippen molar-refractivity contribution in [1.29, 1.82) is 0 Å². The fraction of sp³-hybridized carbons (Fsp3) is 0.261. The first-order valence-corrected chi connectivity index (χ1v) is 9.13. The molecule has 1 unspecified atom stereocenters. The number of aromatic nitrogens is 1. The molecule has 1 atom stereocenters. The van der Waals surface area contributed by atoms with Gasteiger partial charge in [-0.15, -0.1) is 0 Å². The summed E-state index contributed by atoms with van der Waals surface area (Å²) in [6.07, 6.45) is 9.49. The molecule has 0 amide bonds. The summed E-state index contributed by atoms with van der Waals surface area (Å²) in [6.45, 7) is 8.69. The lowest BCUT2D eigenvalue weighted by molar-refractivity contribution is 0.399. The Morgan fingerprint density at radius 1 is 1.12 bits per heavy atom. The number of nitrogens with one attached hydrogen (secondary N) is 1. The second-order valence-electron chi connectivity index (χ2n) is 5.96. The van der Waals surface area contributed by atoms with Crippen LogP contribution in [0.3, 0.4) is 0 Å². The van der Waals surface area contributed by atoms with Gasteiger partial charge in [0.25, 0.3) is 0 Å². The Hall–Kier alpha value is -2.68. The van der Waals surface area contributed by atoms with Gasteiger partial charge in [0.1, 0.15) is 6.17 Å². The molecule has 0 aliphatic heterocycles. The summed E-state index contributed by atoms with van der Waals surface area (Å²) < 4.78 is 13.3. The first kappa shape index (κ1) is 19.6. The number of benzene rings is 1. The second-order valence-corrected chi connectivity index (χ2v) is 5.96. The zero-order chi connectivity index (χ0) is 18.8. The molecule has 3 heteroatoms. The fourth-order valence-corrected chi connectivity index (χ4v) is 2.72. The number of pyridine rings is 1. The molecule has 1 N–H and O–H groups in total. The molecule has 1 aliphatic rings. The van der Waals surface area contributed by atoms with E-state index in [0.29, 0.717) is 13.0 Å². The van der Waals surface area contributed by atoms with Crippen molar-refractivity contribution in [2.75, 3.05) is 6.54 Å². The number of allylic oxidation sites excluding steroid dienone is 3. The van der Waals surface area contributed by atoms with Crippen LogP contribution in [-0.2, 0) is 6.42 Å². The average molecular weight is 350 g/mol. The third-order valence-electron chi connectivity index (χ3n) is 4.02. The van der Waals surface area contributed by atoms with Gasteiger partial charge in [-0.25, -0.2) is 4.39 Å². The second kappa shape index (κ2) is 10.3. The molecule has 3 rings (SSSR count). The van der Waals surface area contributed by atoms with Crippen LogP contribution in [0.5, 0.6) is 0 Å². The Labute approximate surface area is 156 Å². The van der Waals surface area contributed by atoms with Crippen molar-refractivity contribution < 1.29 is 4.39 Å². The van der Waals surface area contributed by atoms with Crippen LogP contribution in [-0.4, -0.2) is 17.7 Å². The first-order valence-electron chi connectivity index (χ1n) is 9.13. The molecule has 136 valence electrons.